The van der Waals surface area contributed by atoms with Gasteiger partial charge < -0.3 is 10.2 Å². The van der Waals surface area contributed by atoms with E-state index in [4.69, 9.17) is 0 Å². The van der Waals surface area contributed by atoms with Crippen molar-refractivity contribution in [3.63, 3.8) is 0 Å². The minimum atomic E-state index is 0.974. The van der Waals surface area contributed by atoms with Crippen LogP contribution >= 0.6 is 0 Å². The van der Waals surface area contributed by atoms with E-state index in [1.807, 2.05) is 0 Å². The average Bonchev–Trinajstić information content (AvgIpc) is 2.46. The van der Waals surface area contributed by atoms with E-state index in [0.29, 0.717) is 0 Å². The molecule has 2 aliphatic rings. The minimum absolute atomic E-state index is 0.974. The van der Waals surface area contributed by atoms with E-state index in [2.05, 4.69) is 17.1 Å². The SMILES string of the molecule is CCCN1CC2CNCC2C1. The maximum atomic E-state index is 3.46. The molecule has 0 aliphatic carbocycles. The molecule has 0 spiro atoms. The van der Waals surface area contributed by atoms with Crippen molar-refractivity contribution < 1.29 is 0 Å². The summed E-state index contributed by atoms with van der Waals surface area (Å²) in [6.07, 6.45) is 1.31. The predicted molar refractivity (Wildman–Crippen MR) is 46.6 cm³/mol. The third kappa shape index (κ3) is 1.42. The predicted octanol–water partition coefficient (Wildman–Crippen LogP) is 0.548. The molecule has 0 aromatic rings. The van der Waals surface area contributed by atoms with Crippen LogP contribution in [0.25, 0.3) is 0 Å². The molecule has 0 saturated carbocycles. The Kier molecular flexibility index (Phi) is 2.14. The van der Waals surface area contributed by atoms with Crippen LogP contribution in [-0.2, 0) is 0 Å². The summed E-state index contributed by atoms with van der Waals surface area (Å²) >= 11 is 0. The van der Waals surface area contributed by atoms with E-state index >= 15 is 0 Å². The van der Waals surface area contributed by atoms with Crippen molar-refractivity contribution in [2.75, 3.05) is 32.7 Å². The van der Waals surface area contributed by atoms with Gasteiger partial charge in [0.25, 0.3) is 0 Å². The third-order valence-electron chi connectivity index (χ3n) is 3.00. The molecule has 0 amide bonds. The fraction of sp³-hybridized carbons (Fsp3) is 1.00. The van der Waals surface area contributed by atoms with Crippen molar-refractivity contribution in [3.8, 4) is 0 Å². The molecule has 0 aromatic carbocycles. The molecule has 11 heavy (non-hydrogen) atoms. The van der Waals surface area contributed by atoms with Crippen LogP contribution < -0.4 is 5.32 Å². The maximum Gasteiger partial charge on any atom is 0.00255 e. The zero-order valence-electron chi connectivity index (χ0n) is 7.34. The van der Waals surface area contributed by atoms with Crippen molar-refractivity contribution in [1.29, 1.82) is 0 Å². The Bertz CT molecular complexity index is 124. The van der Waals surface area contributed by atoms with E-state index in [1.165, 1.54) is 39.1 Å². The first-order valence-corrected chi connectivity index (χ1v) is 4.83. The van der Waals surface area contributed by atoms with Gasteiger partial charge in [-0.15, -0.1) is 0 Å². The summed E-state index contributed by atoms with van der Waals surface area (Å²) in [6.45, 7) is 8.83. The van der Waals surface area contributed by atoms with Crippen LogP contribution in [0.5, 0.6) is 0 Å². The Labute approximate surface area is 69.0 Å². The van der Waals surface area contributed by atoms with Gasteiger partial charge in [0, 0.05) is 13.1 Å². The number of hydrogen-bond donors (Lipinski definition) is 1. The first kappa shape index (κ1) is 7.56. The number of likely N-dealkylation sites (tertiary alicyclic amines) is 1. The van der Waals surface area contributed by atoms with E-state index in [0.717, 1.165) is 11.8 Å². The van der Waals surface area contributed by atoms with E-state index in [-0.39, 0.29) is 0 Å². The van der Waals surface area contributed by atoms with Gasteiger partial charge in [-0.3, -0.25) is 0 Å². The van der Waals surface area contributed by atoms with Crippen LogP contribution in [0.3, 0.4) is 0 Å². The summed E-state index contributed by atoms with van der Waals surface area (Å²) in [5.74, 6) is 1.95. The highest BCUT2D eigenvalue weighted by Crippen LogP contribution is 2.25. The molecule has 2 rings (SSSR count). The van der Waals surface area contributed by atoms with Crippen LogP contribution in [0.1, 0.15) is 13.3 Å². The molecule has 0 radical (unpaired) electrons. The third-order valence-corrected chi connectivity index (χ3v) is 3.00. The summed E-state index contributed by atoms with van der Waals surface area (Å²) in [4.78, 5) is 2.62. The number of fused-ring (bicyclic) bond motifs is 1. The minimum Gasteiger partial charge on any atom is -0.316 e. The molecule has 2 atom stereocenters. The first-order chi connectivity index (χ1) is 5.40. The highest BCUT2D eigenvalue weighted by Gasteiger charge is 2.35. The Morgan fingerprint density at radius 2 is 1.91 bits per heavy atom. The second-order valence-electron chi connectivity index (χ2n) is 3.94. The van der Waals surface area contributed by atoms with Crippen LogP contribution in [-0.4, -0.2) is 37.6 Å². The lowest BCUT2D eigenvalue weighted by Crippen LogP contribution is -2.26. The van der Waals surface area contributed by atoms with Gasteiger partial charge in [-0.25, -0.2) is 0 Å². The topological polar surface area (TPSA) is 15.3 Å². The summed E-state index contributed by atoms with van der Waals surface area (Å²) in [7, 11) is 0. The maximum absolute atomic E-state index is 3.46. The lowest BCUT2D eigenvalue weighted by molar-refractivity contribution is 0.314. The standard InChI is InChI=1S/C9H18N2/c1-2-3-11-6-8-4-10-5-9(8)7-11/h8-10H,2-7H2,1H3. The molecule has 2 heterocycles. The normalized spacial score (nSPS) is 37.9. The van der Waals surface area contributed by atoms with Crippen molar-refractivity contribution >= 4 is 0 Å². The van der Waals surface area contributed by atoms with Gasteiger partial charge in [0.15, 0.2) is 0 Å². The van der Waals surface area contributed by atoms with Gasteiger partial charge in [0.1, 0.15) is 0 Å². The summed E-state index contributed by atoms with van der Waals surface area (Å²) < 4.78 is 0. The Balaban J connectivity index is 1.84. The van der Waals surface area contributed by atoms with E-state index < -0.39 is 0 Å². The lowest BCUT2D eigenvalue weighted by Gasteiger charge is -2.14. The van der Waals surface area contributed by atoms with Gasteiger partial charge >= 0.3 is 0 Å². The number of rotatable bonds is 2. The number of nitrogens with one attached hydrogen (secondary N) is 1. The monoisotopic (exact) mass is 154 g/mol. The molecule has 0 aromatic heterocycles. The highest BCUT2D eigenvalue weighted by atomic mass is 15.2. The number of nitrogens with zero attached hydrogens (tertiary/aromatic N) is 1. The average molecular weight is 154 g/mol. The molecule has 2 nitrogen and oxygen atoms in total. The van der Waals surface area contributed by atoms with Gasteiger partial charge in [-0.1, -0.05) is 6.92 Å². The molecule has 2 heteroatoms. The Hall–Kier alpha value is -0.0800. The van der Waals surface area contributed by atoms with Crippen LogP contribution in [0.2, 0.25) is 0 Å². The van der Waals surface area contributed by atoms with Crippen molar-refractivity contribution in [2.45, 2.75) is 13.3 Å². The Morgan fingerprint density at radius 1 is 1.27 bits per heavy atom. The van der Waals surface area contributed by atoms with Crippen LogP contribution in [0.15, 0.2) is 0 Å². The second kappa shape index (κ2) is 3.11. The van der Waals surface area contributed by atoms with Gasteiger partial charge in [-0.05, 0) is 37.9 Å². The van der Waals surface area contributed by atoms with E-state index in [1.54, 1.807) is 0 Å². The molecule has 64 valence electrons. The van der Waals surface area contributed by atoms with E-state index in [9.17, 15) is 0 Å². The fourth-order valence-electron chi connectivity index (χ4n) is 2.45. The molecule has 1 N–H and O–H groups in total. The zero-order chi connectivity index (χ0) is 7.68. The van der Waals surface area contributed by atoms with Gasteiger partial charge in [0.05, 0.1) is 0 Å². The zero-order valence-corrected chi connectivity index (χ0v) is 7.34. The van der Waals surface area contributed by atoms with Gasteiger partial charge in [0.2, 0.25) is 0 Å². The number of hydrogen-bond acceptors (Lipinski definition) is 2. The first-order valence-electron chi connectivity index (χ1n) is 4.83. The molecule has 2 saturated heterocycles. The van der Waals surface area contributed by atoms with Crippen LogP contribution in [0, 0.1) is 11.8 Å². The summed E-state index contributed by atoms with van der Waals surface area (Å²) in [5.41, 5.74) is 0. The quantitative estimate of drug-likeness (QED) is 0.625. The summed E-state index contributed by atoms with van der Waals surface area (Å²) in [6, 6.07) is 0. The Morgan fingerprint density at radius 3 is 2.45 bits per heavy atom. The molecular weight excluding hydrogens is 136 g/mol. The molecule has 2 fully saturated rings. The fourth-order valence-corrected chi connectivity index (χ4v) is 2.45. The molecule has 2 aliphatic heterocycles. The summed E-state index contributed by atoms with van der Waals surface area (Å²) in [5, 5.41) is 3.46. The molecular formula is C9H18N2. The largest absolute Gasteiger partial charge is 0.316 e. The smallest absolute Gasteiger partial charge is 0.00255 e. The van der Waals surface area contributed by atoms with Crippen molar-refractivity contribution in [2.24, 2.45) is 11.8 Å². The molecule has 0 bridgehead atoms. The second-order valence-corrected chi connectivity index (χ2v) is 3.94. The van der Waals surface area contributed by atoms with Crippen LogP contribution in [0.4, 0.5) is 0 Å². The van der Waals surface area contributed by atoms with Gasteiger partial charge in [-0.2, -0.15) is 0 Å². The molecule has 2 unspecified atom stereocenters. The van der Waals surface area contributed by atoms with Crippen molar-refractivity contribution in [3.05, 3.63) is 0 Å². The van der Waals surface area contributed by atoms with Crippen molar-refractivity contribution in [1.82, 2.24) is 10.2 Å². The lowest BCUT2D eigenvalue weighted by atomic mass is 10.0. The highest BCUT2D eigenvalue weighted by molar-refractivity contribution is 4.90.